The van der Waals surface area contributed by atoms with Crippen LogP contribution in [0.5, 0.6) is 0 Å². The fraction of sp³-hybridized carbons (Fsp3) is 0.500. The summed E-state index contributed by atoms with van der Waals surface area (Å²) in [7, 11) is 0. The van der Waals surface area contributed by atoms with Crippen LogP contribution in [-0.4, -0.2) is 25.4 Å². The molecule has 0 aliphatic carbocycles. The topological polar surface area (TPSA) is 89.6 Å². The predicted molar refractivity (Wildman–Crippen MR) is 50.7 cm³/mol. The lowest BCUT2D eigenvalue weighted by atomic mass is 9.92. The molecule has 0 aromatic carbocycles. The molecule has 1 N–H and O–H groups in total. The van der Waals surface area contributed by atoms with E-state index in [1.54, 1.807) is 6.07 Å². The maximum Gasteiger partial charge on any atom is 0.368 e. The van der Waals surface area contributed by atoms with Crippen LogP contribution < -0.4 is 5.69 Å². The van der Waals surface area contributed by atoms with E-state index in [4.69, 9.17) is 4.52 Å². The van der Waals surface area contributed by atoms with Crippen molar-refractivity contribution >= 4 is 0 Å². The van der Waals surface area contributed by atoms with Gasteiger partial charge in [-0.15, -0.1) is 4.68 Å². The van der Waals surface area contributed by atoms with Crippen molar-refractivity contribution in [3.8, 4) is 5.88 Å². The van der Waals surface area contributed by atoms with Crippen LogP contribution in [0, 0.1) is 0 Å². The maximum atomic E-state index is 11.2. The molecule has 0 spiro atoms. The summed E-state index contributed by atoms with van der Waals surface area (Å²) in [5.41, 5.74) is 0.175. The standard InChI is InChI=1S/C8H11N5O2/c1-8(2,3)5-4-6(15-10-5)13-7(14)9-11-12-13/h4H,1-3H3,(H,9,12,14). The van der Waals surface area contributed by atoms with E-state index in [-0.39, 0.29) is 11.3 Å². The first-order chi connectivity index (χ1) is 6.98. The van der Waals surface area contributed by atoms with E-state index in [2.05, 4.69) is 20.7 Å². The van der Waals surface area contributed by atoms with Crippen LogP contribution in [0.15, 0.2) is 15.4 Å². The average Bonchev–Trinajstić information content (AvgIpc) is 2.69. The zero-order chi connectivity index (χ0) is 11.1. The van der Waals surface area contributed by atoms with Crippen molar-refractivity contribution in [2.24, 2.45) is 0 Å². The van der Waals surface area contributed by atoms with Gasteiger partial charge in [0.2, 0.25) is 0 Å². The summed E-state index contributed by atoms with van der Waals surface area (Å²) in [6, 6.07) is 1.67. The molecular formula is C8H11N5O2. The highest BCUT2D eigenvalue weighted by Crippen LogP contribution is 2.22. The number of rotatable bonds is 1. The Morgan fingerprint density at radius 3 is 2.67 bits per heavy atom. The van der Waals surface area contributed by atoms with Gasteiger partial charge in [-0.3, -0.25) is 0 Å². The normalized spacial score (nSPS) is 11.9. The summed E-state index contributed by atoms with van der Waals surface area (Å²) in [4.78, 5) is 11.2. The summed E-state index contributed by atoms with van der Waals surface area (Å²) in [5.74, 6) is 0.263. The van der Waals surface area contributed by atoms with E-state index in [1.165, 1.54) is 0 Å². The number of tetrazole rings is 1. The third-order valence-electron chi connectivity index (χ3n) is 1.95. The largest absolute Gasteiger partial charge is 0.368 e. The summed E-state index contributed by atoms with van der Waals surface area (Å²) in [5, 5.41) is 12.9. The minimum atomic E-state index is -0.452. The molecule has 2 aromatic heterocycles. The number of aromatic amines is 1. The van der Waals surface area contributed by atoms with Gasteiger partial charge in [0.05, 0.1) is 5.69 Å². The van der Waals surface area contributed by atoms with Crippen molar-refractivity contribution in [1.29, 1.82) is 0 Å². The Hall–Kier alpha value is -1.92. The fourth-order valence-electron chi connectivity index (χ4n) is 1.06. The molecule has 15 heavy (non-hydrogen) atoms. The maximum absolute atomic E-state index is 11.2. The number of nitrogens with one attached hydrogen (secondary N) is 1. The van der Waals surface area contributed by atoms with E-state index >= 15 is 0 Å². The van der Waals surface area contributed by atoms with Crippen LogP contribution >= 0.6 is 0 Å². The molecule has 0 aliphatic rings. The molecule has 0 fully saturated rings. The molecule has 2 heterocycles. The molecule has 0 bridgehead atoms. The van der Waals surface area contributed by atoms with Crippen molar-refractivity contribution in [1.82, 2.24) is 25.4 Å². The lowest BCUT2D eigenvalue weighted by molar-refractivity contribution is 0.374. The monoisotopic (exact) mass is 209 g/mol. The third-order valence-corrected chi connectivity index (χ3v) is 1.95. The van der Waals surface area contributed by atoms with E-state index in [0.717, 1.165) is 10.4 Å². The molecule has 0 unspecified atom stereocenters. The Kier molecular flexibility index (Phi) is 1.95. The van der Waals surface area contributed by atoms with Crippen molar-refractivity contribution in [2.45, 2.75) is 26.2 Å². The summed E-state index contributed by atoms with van der Waals surface area (Å²) < 4.78 is 6.02. The Bertz CT molecular complexity index is 515. The van der Waals surface area contributed by atoms with Gasteiger partial charge in [-0.2, -0.15) is 0 Å². The molecule has 0 saturated heterocycles. The molecule has 0 atom stereocenters. The van der Waals surface area contributed by atoms with Gasteiger partial charge in [0.25, 0.3) is 5.88 Å². The molecule has 80 valence electrons. The number of hydrogen-bond donors (Lipinski definition) is 1. The van der Waals surface area contributed by atoms with Crippen LogP contribution in [-0.2, 0) is 5.41 Å². The van der Waals surface area contributed by atoms with Crippen LogP contribution in [0.2, 0.25) is 0 Å². The van der Waals surface area contributed by atoms with Crippen LogP contribution in [0.25, 0.3) is 5.88 Å². The van der Waals surface area contributed by atoms with Gasteiger partial charge < -0.3 is 4.52 Å². The quantitative estimate of drug-likeness (QED) is 0.726. The molecule has 7 nitrogen and oxygen atoms in total. The van der Waals surface area contributed by atoms with Crippen molar-refractivity contribution in [3.63, 3.8) is 0 Å². The highest BCUT2D eigenvalue weighted by Gasteiger charge is 2.20. The highest BCUT2D eigenvalue weighted by molar-refractivity contribution is 5.22. The second-order valence-electron chi connectivity index (χ2n) is 4.22. The molecule has 0 aliphatic heterocycles. The van der Waals surface area contributed by atoms with Crippen molar-refractivity contribution in [2.75, 3.05) is 0 Å². The van der Waals surface area contributed by atoms with Gasteiger partial charge in [0.1, 0.15) is 0 Å². The number of hydrogen-bond acceptors (Lipinski definition) is 5. The third kappa shape index (κ3) is 1.67. The molecule has 0 saturated carbocycles. The zero-order valence-corrected chi connectivity index (χ0v) is 8.68. The second kappa shape index (κ2) is 3.04. The number of H-pyrrole nitrogens is 1. The van der Waals surface area contributed by atoms with E-state index in [9.17, 15) is 4.79 Å². The molecule has 2 aromatic rings. The van der Waals surface area contributed by atoms with Gasteiger partial charge in [0.15, 0.2) is 0 Å². The predicted octanol–water partition coefficient (Wildman–Crippen LogP) is 0.241. The minimum absolute atomic E-state index is 0.130. The molecule has 0 amide bonds. The Morgan fingerprint density at radius 2 is 2.20 bits per heavy atom. The molecule has 2 rings (SSSR count). The van der Waals surface area contributed by atoms with Gasteiger partial charge in [0, 0.05) is 11.5 Å². The lowest BCUT2D eigenvalue weighted by Crippen LogP contribution is -2.15. The Labute approximate surface area is 85.1 Å². The first kappa shape index (κ1) is 9.63. The second-order valence-corrected chi connectivity index (χ2v) is 4.22. The smallest absolute Gasteiger partial charge is 0.336 e. The van der Waals surface area contributed by atoms with Gasteiger partial charge in [-0.25, -0.2) is 9.89 Å². The molecule has 7 heteroatoms. The van der Waals surface area contributed by atoms with E-state index < -0.39 is 5.69 Å². The van der Waals surface area contributed by atoms with Gasteiger partial charge in [-0.05, 0) is 10.4 Å². The van der Waals surface area contributed by atoms with Crippen LogP contribution in [0.4, 0.5) is 0 Å². The zero-order valence-electron chi connectivity index (χ0n) is 8.68. The van der Waals surface area contributed by atoms with Crippen molar-refractivity contribution < 1.29 is 4.52 Å². The summed E-state index contributed by atoms with van der Waals surface area (Å²) in [6.45, 7) is 6.00. The fourth-order valence-corrected chi connectivity index (χ4v) is 1.06. The lowest BCUT2D eigenvalue weighted by Gasteiger charge is -2.12. The average molecular weight is 209 g/mol. The highest BCUT2D eigenvalue weighted by atomic mass is 16.5. The van der Waals surface area contributed by atoms with Crippen molar-refractivity contribution in [3.05, 3.63) is 22.2 Å². The van der Waals surface area contributed by atoms with Crippen LogP contribution in [0.3, 0.4) is 0 Å². The summed E-state index contributed by atoms with van der Waals surface area (Å²) >= 11 is 0. The van der Waals surface area contributed by atoms with E-state index in [1.807, 2.05) is 20.8 Å². The minimum Gasteiger partial charge on any atom is -0.336 e. The summed E-state index contributed by atoms with van der Waals surface area (Å²) in [6.07, 6.45) is 0. The first-order valence-corrected chi connectivity index (χ1v) is 4.46. The van der Waals surface area contributed by atoms with Gasteiger partial charge >= 0.3 is 5.69 Å². The molecular weight excluding hydrogens is 198 g/mol. The Morgan fingerprint density at radius 1 is 1.47 bits per heavy atom. The first-order valence-electron chi connectivity index (χ1n) is 4.46. The number of aromatic nitrogens is 5. The van der Waals surface area contributed by atoms with E-state index in [0.29, 0.717) is 0 Å². The SMILES string of the molecule is CC(C)(C)c1cc(-n2nn[nH]c2=O)on1. The Balaban J connectivity index is 2.45. The number of nitrogens with zero attached hydrogens (tertiary/aromatic N) is 4. The molecule has 0 radical (unpaired) electrons. The van der Waals surface area contributed by atoms with Crippen LogP contribution in [0.1, 0.15) is 26.5 Å². The van der Waals surface area contributed by atoms with Gasteiger partial charge in [-0.1, -0.05) is 25.9 Å².